The van der Waals surface area contributed by atoms with Crippen LogP contribution in [0.25, 0.3) is 0 Å². The van der Waals surface area contributed by atoms with Crippen molar-refractivity contribution in [2.45, 2.75) is 44.9 Å². The molecule has 27 heavy (non-hydrogen) atoms. The second kappa shape index (κ2) is 11.1. The number of guanidine groups is 1. The van der Waals surface area contributed by atoms with E-state index in [9.17, 15) is 4.39 Å². The van der Waals surface area contributed by atoms with Crippen LogP contribution in [0.2, 0.25) is 0 Å². The molecule has 1 aliphatic rings. The number of hydrogen-bond acceptors (Lipinski definition) is 3. The van der Waals surface area contributed by atoms with Crippen molar-refractivity contribution < 1.29 is 9.13 Å². The summed E-state index contributed by atoms with van der Waals surface area (Å²) in [4.78, 5) is 8.50. The highest BCUT2D eigenvalue weighted by Gasteiger charge is 2.17. The maximum Gasteiger partial charge on any atom is 0.213 e. The summed E-state index contributed by atoms with van der Waals surface area (Å²) in [5.74, 6) is 1.10. The van der Waals surface area contributed by atoms with Crippen LogP contribution in [0.15, 0.2) is 47.6 Å². The molecule has 0 radical (unpaired) electrons. The Morgan fingerprint density at radius 3 is 2.52 bits per heavy atom. The summed E-state index contributed by atoms with van der Waals surface area (Å²) in [6, 6.07) is 10.4. The van der Waals surface area contributed by atoms with E-state index in [1.165, 1.54) is 25.0 Å². The predicted molar refractivity (Wildman–Crippen MR) is 116 cm³/mol. The molecule has 0 unspecified atom stereocenters. The lowest BCUT2D eigenvalue weighted by molar-refractivity contribution is 0.201. The maximum atomic E-state index is 13.2. The molecule has 2 aromatic rings. The van der Waals surface area contributed by atoms with Gasteiger partial charge in [0, 0.05) is 32.4 Å². The number of nitrogens with zero attached hydrogens (tertiary/aromatic N) is 2. The fourth-order valence-corrected chi connectivity index (χ4v) is 3.04. The smallest absolute Gasteiger partial charge is 0.213 e. The Labute approximate surface area is 176 Å². The number of benzene rings is 1. The molecule has 0 bridgehead atoms. The van der Waals surface area contributed by atoms with Gasteiger partial charge in [-0.2, -0.15) is 0 Å². The molecular formula is C20H26FIN4O. The molecule has 1 aromatic heterocycles. The molecule has 5 nitrogen and oxygen atoms in total. The van der Waals surface area contributed by atoms with Crippen molar-refractivity contribution in [1.29, 1.82) is 0 Å². The summed E-state index contributed by atoms with van der Waals surface area (Å²) in [7, 11) is 1.71. The third-order valence-electron chi connectivity index (χ3n) is 4.42. The van der Waals surface area contributed by atoms with Crippen molar-refractivity contribution in [2.75, 3.05) is 7.05 Å². The summed E-state index contributed by atoms with van der Waals surface area (Å²) in [6.07, 6.45) is 6.76. The Kier molecular flexibility index (Phi) is 8.77. The first-order valence-electron chi connectivity index (χ1n) is 9.03. The molecule has 0 amide bonds. The molecular weight excluding hydrogens is 458 g/mol. The largest absolute Gasteiger partial charge is 0.474 e. The number of aliphatic imine (C=N–C) groups is 1. The molecule has 1 heterocycles. The van der Waals surface area contributed by atoms with Crippen LogP contribution in [0, 0.1) is 5.82 Å². The minimum atomic E-state index is -0.237. The lowest BCUT2D eigenvalue weighted by atomic mass is 10.2. The lowest BCUT2D eigenvalue weighted by Crippen LogP contribution is -2.36. The van der Waals surface area contributed by atoms with Crippen molar-refractivity contribution >= 4 is 29.9 Å². The summed E-state index contributed by atoms with van der Waals surface area (Å²) in [5, 5.41) is 6.44. The van der Waals surface area contributed by atoms with Crippen molar-refractivity contribution in [1.82, 2.24) is 15.6 Å². The molecule has 1 fully saturated rings. The zero-order chi connectivity index (χ0) is 18.2. The number of rotatable bonds is 6. The number of pyridine rings is 1. The number of halogens is 2. The Morgan fingerprint density at radius 2 is 1.85 bits per heavy atom. The third-order valence-corrected chi connectivity index (χ3v) is 4.42. The maximum absolute atomic E-state index is 13.2. The van der Waals surface area contributed by atoms with E-state index < -0.39 is 0 Å². The van der Waals surface area contributed by atoms with E-state index in [4.69, 9.17) is 4.74 Å². The molecule has 146 valence electrons. The van der Waals surface area contributed by atoms with E-state index in [1.807, 2.05) is 18.2 Å². The second-order valence-electron chi connectivity index (χ2n) is 6.44. The molecule has 0 aliphatic heterocycles. The number of hydrogen-bond donors (Lipinski definition) is 2. The first kappa shape index (κ1) is 21.4. The van der Waals surface area contributed by atoms with Crippen molar-refractivity contribution in [3.8, 4) is 5.88 Å². The quantitative estimate of drug-likeness (QED) is 0.370. The van der Waals surface area contributed by atoms with Crippen LogP contribution >= 0.6 is 24.0 Å². The van der Waals surface area contributed by atoms with Crippen LogP contribution in [0.4, 0.5) is 4.39 Å². The van der Waals surface area contributed by atoms with Gasteiger partial charge in [0.15, 0.2) is 5.96 Å². The van der Waals surface area contributed by atoms with Gasteiger partial charge in [0.25, 0.3) is 0 Å². The zero-order valence-corrected chi connectivity index (χ0v) is 17.8. The van der Waals surface area contributed by atoms with Crippen molar-refractivity contribution in [3.63, 3.8) is 0 Å². The average molecular weight is 484 g/mol. The molecule has 0 atom stereocenters. The van der Waals surface area contributed by atoms with E-state index in [0.717, 1.165) is 24.0 Å². The lowest BCUT2D eigenvalue weighted by Gasteiger charge is -2.14. The van der Waals surface area contributed by atoms with Crippen LogP contribution < -0.4 is 15.4 Å². The molecule has 7 heteroatoms. The molecule has 2 N–H and O–H groups in total. The van der Waals surface area contributed by atoms with Crippen molar-refractivity contribution in [3.05, 3.63) is 59.5 Å². The van der Waals surface area contributed by atoms with Crippen LogP contribution in [-0.2, 0) is 13.1 Å². The van der Waals surface area contributed by atoms with Gasteiger partial charge in [0.2, 0.25) is 5.88 Å². The highest BCUT2D eigenvalue weighted by Crippen LogP contribution is 2.23. The van der Waals surface area contributed by atoms with Crippen LogP contribution in [0.1, 0.15) is 36.8 Å². The molecule has 3 rings (SSSR count). The topological polar surface area (TPSA) is 58.5 Å². The van der Waals surface area contributed by atoms with E-state index in [0.29, 0.717) is 31.0 Å². The van der Waals surface area contributed by atoms with Gasteiger partial charge in [-0.1, -0.05) is 12.1 Å². The van der Waals surface area contributed by atoms with Crippen molar-refractivity contribution in [2.24, 2.45) is 4.99 Å². The van der Waals surface area contributed by atoms with Gasteiger partial charge in [-0.15, -0.1) is 24.0 Å². The highest BCUT2D eigenvalue weighted by molar-refractivity contribution is 14.0. The fourth-order valence-electron chi connectivity index (χ4n) is 3.04. The SMILES string of the molecule is CN=C(NCc1cccc(F)c1)NCc1ccnc(OC2CCCC2)c1.I. The molecule has 1 saturated carbocycles. The van der Waals surface area contributed by atoms with E-state index in [1.54, 1.807) is 19.3 Å². The zero-order valence-electron chi connectivity index (χ0n) is 15.5. The Morgan fingerprint density at radius 1 is 1.15 bits per heavy atom. The molecule has 1 aromatic carbocycles. The molecule has 0 spiro atoms. The third kappa shape index (κ3) is 6.97. The van der Waals surface area contributed by atoms with E-state index in [2.05, 4.69) is 20.6 Å². The molecule has 0 saturated heterocycles. The average Bonchev–Trinajstić information content (AvgIpc) is 3.15. The van der Waals surface area contributed by atoms with Gasteiger partial charge < -0.3 is 15.4 Å². The van der Waals surface area contributed by atoms with E-state index >= 15 is 0 Å². The molecule has 1 aliphatic carbocycles. The predicted octanol–water partition coefficient (Wildman–Crippen LogP) is 4.03. The van der Waals surface area contributed by atoms with Gasteiger partial charge in [-0.25, -0.2) is 9.37 Å². The van der Waals surface area contributed by atoms with Gasteiger partial charge in [-0.05, 0) is 55.0 Å². The first-order chi connectivity index (χ1) is 12.7. The fraction of sp³-hybridized carbons (Fsp3) is 0.400. The number of ether oxygens (including phenoxy) is 1. The Balaban J connectivity index is 0.00000261. The standard InChI is InChI=1S/C20H25FN4O.HI/c1-22-20(24-13-15-5-4-6-17(21)11-15)25-14-16-9-10-23-19(12-16)26-18-7-2-3-8-18;/h4-6,9-12,18H,2-3,7-8,13-14H2,1H3,(H2,22,24,25);1H. The second-order valence-corrected chi connectivity index (χ2v) is 6.44. The minimum absolute atomic E-state index is 0. The van der Waals surface area contributed by atoms with Crippen LogP contribution in [0.5, 0.6) is 5.88 Å². The number of nitrogens with one attached hydrogen (secondary N) is 2. The summed E-state index contributed by atoms with van der Waals surface area (Å²) >= 11 is 0. The number of aromatic nitrogens is 1. The van der Waals surface area contributed by atoms with Crippen LogP contribution in [-0.4, -0.2) is 24.1 Å². The monoisotopic (exact) mass is 484 g/mol. The first-order valence-corrected chi connectivity index (χ1v) is 9.03. The van der Waals surface area contributed by atoms with Gasteiger partial charge in [0.05, 0.1) is 0 Å². The highest BCUT2D eigenvalue weighted by atomic mass is 127. The summed E-state index contributed by atoms with van der Waals surface area (Å²) in [5.41, 5.74) is 1.94. The van der Waals surface area contributed by atoms with Gasteiger partial charge >= 0.3 is 0 Å². The van der Waals surface area contributed by atoms with Gasteiger partial charge in [0.1, 0.15) is 11.9 Å². The Hall–Kier alpha value is -1.90. The van der Waals surface area contributed by atoms with E-state index in [-0.39, 0.29) is 29.8 Å². The minimum Gasteiger partial charge on any atom is -0.474 e. The van der Waals surface area contributed by atoms with Gasteiger partial charge in [-0.3, -0.25) is 4.99 Å². The summed E-state index contributed by atoms with van der Waals surface area (Å²) in [6.45, 7) is 1.11. The Bertz CT molecular complexity index is 750. The normalized spacial score (nSPS) is 14.5. The summed E-state index contributed by atoms with van der Waals surface area (Å²) < 4.78 is 19.2. The van der Waals surface area contributed by atoms with Crippen LogP contribution in [0.3, 0.4) is 0 Å².